The second-order valence-electron chi connectivity index (χ2n) is 4.15. The van der Waals surface area contributed by atoms with Gasteiger partial charge in [0, 0.05) is 23.0 Å². The first kappa shape index (κ1) is 14.3. The highest BCUT2D eigenvalue weighted by Gasteiger charge is 2.04. The molecule has 2 rings (SSSR count). The minimum Gasteiger partial charge on any atom is -0.462 e. The smallest absolute Gasteiger partial charge is 0.316 e. The van der Waals surface area contributed by atoms with E-state index in [1.807, 2.05) is 6.92 Å². The molecule has 1 amide bonds. The molecule has 0 unspecified atom stereocenters. The Morgan fingerprint density at radius 3 is 2.55 bits per heavy atom. The minimum absolute atomic E-state index is 0.171. The molecule has 1 heterocycles. The van der Waals surface area contributed by atoms with Crippen LogP contribution < -0.4 is 10.1 Å². The number of aromatic nitrogens is 2. The zero-order chi connectivity index (χ0) is 14.4. The number of rotatable bonds is 5. The molecule has 0 fully saturated rings. The van der Waals surface area contributed by atoms with E-state index in [0.717, 1.165) is 5.56 Å². The van der Waals surface area contributed by atoms with Gasteiger partial charge in [0.2, 0.25) is 0 Å². The Morgan fingerprint density at radius 2 is 1.90 bits per heavy atom. The van der Waals surface area contributed by atoms with Crippen molar-refractivity contribution >= 4 is 17.5 Å². The van der Waals surface area contributed by atoms with Gasteiger partial charge in [-0.1, -0.05) is 11.6 Å². The Morgan fingerprint density at radius 1 is 1.25 bits per heavy atom. The average molecular weight is 292 g/mol. The molecule has 20 heavy (non-hydrogen) atoms. The standard InChI is InChI=1S/C14H14ClN3O2/c1-10-8-17-14(18-9-10)20-7-6-16-13(19)11-2-4-12(15)5-3-11/h2-5,8-9H,6-7H2,1H3,(H,16,19). The SMILES string of the molecule is Cc1cnc(OCCNC(=O)c2ccc(Cl)cc2)nc1. The molecule has 0 spiro atoms. The fraction of sp³-hybridized carbons (Fsp3) is 0.214. The van der Waals surface area contributed by atoms with Crippen LogP contribution in [0.3, 0.4) is 0 Å². The second-order valence-corrected chi connectivity index (χ2v) is 4.59. The molecule has 6 heteroatoms. The summed E-state index contributed by atoms with van der Waals surface area (Å²) in [6.45, 7) is 2.58. The molecule has 104 valence electrons. The number of ether oxygens (including phenoxy) is 1. The third-order valence-corrected chi connectivity index (χ3v) is 2.73. The van der Waals surface area contributed by atoms with Crippen molar-refractivity contribution in [3.63, 3.8) is 0 Å². The van der Waals surface area contributed by atoms with Crippen LogP contribution >= 0.6 is 11.6 Å². The fourth-order valence-electron chi connectivity index (χ4n) is 1.47. The van der Waals surface area contributed by atoms with Crippen molar-refractivity contribution in [2.24, 2.45) is 0 Å². The molecular formula is C14H14ClN3O2. The lowest BCUT2D eigenvalue weighted by molar-refractivity contribution is 0.0946. The van der Waals surface area contributed by atoms with Crippen molar-refractivity contribution in [2.75, 3.05) is 13.2 Å². The number of nitrogens with zero attached hydrogens (tertiary/aromatic N) is 2. The lowest BCUT2D eigenvalue weighted by atomic mass is 10.2. The van der Waals surface area contributed by atoms with Gasteiger partial charge < -0.3 is 10.1 Å². The minimum atomic E-state index is -0.171. The first-order chi connectivity index (χ1) is 9.65. The Balaban J connectivity index is 1.74. The molecule has 0 radical (unpaired) electrons. The van der Waals surface area contributed by atoms with Crippen LogP contribution in [0, 0.1) is 6.92 Å². The second kappa shape index (κ2) is 6.86. The van der Waals surface area contributed by atoms with Crippen LogP contribution in [0.4, 0.5) is 0 Å². The van der Waals surface area contributed by atoms with Gasteiger partial charge in [-0.25, -0.2) is 9.97 Å². The molecule has 0 aliphatic rings. The first-order valence-corrected chi connectivity index (χ1v) is 6.48. The zero-order valence-corrected chi connectivity index (χ0v) is 11.7. The lowest BCUT2D eigenvalue weighted by Crippen LogP contribution is -2.28. The topological polar surface area (TPSA) is 64.1 Å². The lowest BCUT2D eigenvalue weighted by Gasteiger charge is -2.06. The van der Waals surface area contributed by atoms with Gasteiger partial charge in [0.1, 0.15) is 6.61 Å². The van der Waals surface area contributed by atoms with Gasteiger partial charge in [-0.3, -0.25) is 4.79 Å². The zero-order valence-electron chi connectivity index (χ0n) is 11.0. The first-order valence-electron chi connectivity index (χ1n) is 6.10. The van der Waals surface area contributed by atoms with E-state index in [1.165, 1.54) is 0 Å². The highest BCUT2D eigenvalue weighted by molar-refractivity contribution is 6.30. The maximum Gasteiger partial charge on any atom is 0.316 e. The summed E-state index contributed by atoms with van der Waals surface area (Å²) in [5.41, 5.74) is 1.52. The number of hydrogen-bond donors (Lipinski definition) is 1. The Bertz CT molecular complexity index is 570. The Kier molecular flexibility index (Phi) is 4.90. The van der Waals surface area contributed by atoms with E-state index < -0.39 is 0 Å². The number of aryl methyl sites for hydroxylation is 1. The molecule has 0 atom stereocenters. The van der Waals surface area contributed by atoms with E-state index >= 15 is 0 Å². The van der Waals surface area contributed by atoms with Gasteiger partial charge in [-0.05, 0) is 36.8 Å². The number of carbonyl (C=O) groups excluding carboxylic acids is 1. The fourth-order valence-corrected chi connectivity index (χ4v) is 1.59. The number of carbonyl (C=O) groups is 1. The van der Waals surface area contributed by atoms with Crippen molar-refractivity contribution in [3.05, 3.63) is 52.8 Å². The van der Waals surface area contributed by atoms with E-state index in [0.29, 0.717) is 29.7 Å². The molecule has 0 aliphatic carbocycles. The molecule has 0 saturated carbocycles. The van der Waals surface area contributed by atoms with E-state index in [2.05, 4.69) is 15.3 Å². The predicted molar refractivity (Wildman–Crippen MR) is 76.0 cm³/mol. The van der Waals surface area contributed by atoms with Crippen LogP contribution in [0.25, 0.3) is 0 Å². The van der Waals surface area contributed by atoms with E-state index in [1.54, 1.807) is 36.7 Å². The van der Waals surface area contributed by atoms with Crippen LogP contribution in [0.2, 0.25) is 5.02 Å². The van der Waals surface area contributed by atoms with E-state index in [9.17, 15) is 4.79 Å². The van der Waals surface area contributed by atoms with Crippen LogP contribution in [-0.4, -0.2) is 29.0 Å². The summed E-state index contributed by atoms with van der Waals surface area (Å²) in [5, 5.41) is 3.34. The van der Waals surface area contributed by atoms with Crippen molar-refractivity contribution in [1.29, 1.82) is 0 Å². The van der Waals surface area contributed by atoms with Crippen LogP contribution in [0.5, 0.6) is 6.01 Å². The van der Waals surface area contributed by atoms with Gasteiger partial charge >= 0.3 is 6.01 Å². The highest BCUT2D eigenvalue weighted by Crippen LogP contribution is 2.09. The van der Waals surface area contributed by atoms with Gasteiger partial charge in [-0.2, -0.15) is 0 Å². The number of amides is 1. The normalized spacial score (nSPS) is 10.1. The molecule has 0 aliphatic heterocycles. The average Bonchev–Trinajstić information content (AvgIpc) is 2.46. The summed E-state index contributed by atoms with van der Waals surface area (Å²) in [7, 11) is 0. The molecule has 1 N–H and O–H groups in total. The molecule has 0 bridgehead atoms. The maximum atomic E-state index is 11.8. The number of hydrogen-bond acceptors (Lipinski definition) is 4. The third-order valence-electron chi connectivity index (χ3n) is 2.48. The monoisotopic (exact) mass is 291 g/mol. The predicted octanol–water partition coefficient (Wildman–Crippen LogP) is 2.25. The van der Waals surface area contributed by atoms with Crippen LogP contribution in [-0.2, 0) is 0 Å². The third kappa shape index (κ3) is 4.20. The summed E-state index contributed by atoms with van der Waals surface area (Å²) in [4.78, 5) is 19.8. The largest absolute Gasteiger partial charge is 0.462 e. The Labute approximate surface area is 122 Å². The van der Waals surface area contributed by atoms with Gasteiger partial charge in [0.05, 0.1) is 6.54 Å². The van der Waals surface area contributed by atoms with Crippen molar-refractivity contribution < 1.29 is 9.53 Å². The summed E-state index contributed by atoms with van der Waals surface area (Å²) in [6.07, 6.45) is 3.35. The maximum absolute atomic E-state index is 11.8. The van der Waals surface area contributed by atoms with E-state index in [4.69, 9.17) is 16.3 Å². The summed E-state index contributed by atoms with van der Waals surface area (Å²) >= 11 is 5.76. The van der Waals surface area contributed by atoms with E-state index in [-0.39, 0.29) is 5.91 Å². The van der Waals surface area contributed by atoms with Crippen molar-refractivity contribution in [2.45, 2.75) is 6.92 Å². The molecule has 1 aromatic carbocycles. The van der Waals surface area contributed by atoms with Crippen LogP contribution in [0.1, 0.15) is 15.9 Å². The summed E-state index contributed by atoms with van der Waals surface area (Å²) in [5.74, 6) is -0.171. The van der Waals surface area contributed by atoms with Gasteiger partial charge in [0.25, 0.3) is 5.91 Å². The summed E-state index contributed by atoms with van der Waals surface area (Å²) < 4.78 is 5.31. The van der Waals surface area contributed by atoms with Crippen LogP contribution in [0.15, 0.2) is 36.7 Å². The number of benzene rings is 1. The van der Waals surface area contributed by atoms with Gasteiger partial charge in [-0.15, -0.1) is 0 Å². The van der Waals surface area contributed by atoms with Crippen molar-refractivity contribution in [3.8, 4) is 6.01 Å². The molecular weight excluding hydrogens is 278 g/mol. The Hall–Kier alpha value is -2.14. The molecule has 0 saturated heterocycles. The highest BCUT2D eigenvalue weighted by atomic mass is 35.5. The molecule has 5 nitrogen and oxygen atoms in total. The van der Waals surface area contributed by atoms with Gasteiger partial charge in [0.15, 0.2) is 0 Å². The number of nitrogens with one attached hydrogen (secondary N) is 1. The summed E-state index contributed by atoms with van der Waals surface area (Å²) in [6, 6.07) is 6.99. The van der Waals surface area contributed by atoms with Crippen molar-refractivity contribution in [1.82, 2.24) is 15.3 Å². The quantitative estimate of drug-likeness (QED) is 0.858. The number of halogens is 1. The molecule has 2 aromatic rings. The molecule has 1 aromatic heterocycles.